The number of unbranched alkanes of at least 4 members (excludes halogenated alkanes) is 1. The molecule has 0 aliphatic carbocycles. The molecule has 0 saturated carbocycles. The highest BCUT2D eigenvalue weighted by molar-refractivity contribution is 5.83. The predicted molar refractivity (Wildman–Crippen MR) is 147 cm³/mol. The molecule has 0 amide bonds. The molecule has 0 saturated heterocycles. The second-order valence-electron chi connectivity index (χ2n) is 9.13. The number of hydrogen-bond acceptors (Lipinski definition) is 7. The number of para-hydroxylation sites is 1. The lowest BCUT2D eigenvalue weighted by atomic mass is 9.95. The molecule has 0 radical (unpaired) electrons. The molecule has 3 aromatic heterocycles. The molecule has 0 spiro atoms. The van der Waals surface area contributed by atoms with Crippen LogP contribution in [0.5, 0.6) is 11.6 Å². The average Bonchev–Trinajstić information content (AvgIpc) is 3.64. The number of H-pyrrole nitrogens is 2. The SMILES string of the molecule is CCCCc1nc2c(Oc3ccccc3)n[nH]c(=O)c2n1Cc1ccccc1-c1ccccc1-c1nn[nH]n1. The minimum Gasteiger partial charge on any atom is -0.436 e. The Morgan fingerprint density at radius 3 is 2.38 bits per heavy atom. The zero-order valence-corrected chi connectivity index (χ0v) is 21.3. The van der Waals surface area contributed by atoms with Crippen LogP contribution in [0.1, 0.15) is 31.2 Å². The largest absolute Gasteiger partial charge is 0.436 e. The van der Waals surface area contributed by atoms with E-state index >= 15 is 0 Å². The Kier molecular flexibility index (Phi) is 6.65. The zero-order valence-electron chi connectivity index (χ0n) is 21.3. The number of aromatic nitrogens is 8. The van der Waals surface area contributed by atoms with E-state index in [0.717, 1.165) is 47.3 Å². The van der Waals surface area contributed by atoms with Gasteiger partial charge < -0.3 is 9.30 Å². The van der Waals surface area contributed by atoms with Crippen molar-refractivity contribution in [3.05, 3.63) is 101 Å². The van der Waals surface area contributed by atoms with Crippen LogP contribution in [0.4, 0.5) is 0 Å². The van der Waals surface area contributed by atoms with E-state index in [2.05, 4.69) is 49.9 Å². The molecular formula is C29H26N8O2. The van der Waals surface area contributed by atoms with Gasteiger partial charge in [-0.15, -0.1) is 15.3 Å². The third-order valence-corrected chi connectivity index (χ3v) is 6.58. The first-order valence-corrected chi connectivity index (χ1v) is 12.8. The van der Waals surface area contributed by atoms with Crippen molar-refractivity contribution in [3.63, 3.8) is 0 Å². The third kappa shape index (κ3) is 4.79. The minimum atomic E-state index is -0.315. The molecule has 3 heterocycles. The van der Waals surface area contributed by atoms with E-state index in [-0.39, 0.29) is 11.4 Å². The normalized spacial score (nSPS) is 11.2. The Morgan fingerprint density at radius 2 is 1.62 bits per heavy atom. The molecular weight excluding hydrogens is 492 g/mol. The zero-order chi connectivity index (χ0) is 26.6. The molecule has 194 valence electrons. The third-order valence-electron chi connectivity index (χ3n) is 6.58. The van der Waals surface area contributed by atoms with Gasteiger partial charge in [0.2, 0.25) is 5.82 Å². The molecule has 10 heteroatoms. The Hall–Kier alpha value is -5.12. The first kappa shape index (κ1) is 24.2. The van der Waals surface area contributed by atoms with E-state index in [1.807, 2.05) is 71.3 Å². The highest BCUT2D eigenvalue weighted by atomic mass is 16.5. The Balaban J connectivity index is 1.48. The summed E-state index contributed by atoms with van der Waals surface area (Å²) < 4.78 is 8.03. The lowest BCUT2D eigenvalue weighted by Crippen LogP contribution is -2.15. The van der Waals surface area contributed by atoms with Crippen molar-refractivity contribution in [1.29, 1.82) is 0 Å². The topological polar surface area (TPSA) is 127 Å². The van der Waals surface area contributed by atoms with E-state index in [1.165, 1.54) is 0 Å². The van der Waals surface area contributed by atoms with Crippen molar-refractivity contribution < 1.29 is 4.74 Å². The van der Waals surface area contributed by atoms with Crippen LogP contribution in [0.3, 0.4) is 0 Å². The molecule has 39 heavy (non-hydrogen) atoms. The molecule has 0 fully saturated rings. The molecule has 6 rings (SSSR count). The van der Waals surface area contributed by atoms with Crippen LogP contribution in [0.25, 0.3) is 33.5 Å². The Bertz CT molecular complexity index is 1780. The fraction of sp³-hybridized carbons (Fsp3) is 0.172. The monoisotopic (exact) mass is 518 g/mol. The lowest BCUT2D eigenvalue weighted by Gasteiger charge is -2.15. The highest BCUT2D eigenvalue weighted by Crippen LogP contribution is 2.33. The van der Waals surface area contributed by atoms with Gasteiger partial charge in [0.05, 0.1) is 6.54 Å². The quantitative estimate of drug-likeness (QED) is 0.271. The van der Waals surface area contributed by atoms with Gasteiger partial charge in [0.15, 0.2) is 5.52 Å². The second-order valence-corrected chi connectivity index (χ2v) is 9.13. The number of nitrogens with zero attached hydrogens (tertiary/aromatic N) is 6. The van der Waals surface area contributed by atoms with Crippen molar-refractivity contribution in [2.75, 3.05) is 0 Å². The predicted octanol–water partition coefficient (Wildman–Crippen LogP) is 5.15. The van der Waals surface area contributed by atoms with Crippen molar-refractivity contribution in [2.24, 2.45) is 0 Å². The van der Waals surface area contributed by atoms with Crippen LogP contribution in [-0.4, -0.2) is 40.4 Å². The Labute approximate surface area is 223 Å². The Morgan fingerprint density at radius 1 is 0.872 bits per heavy atom. The fourth-order valence-corrected chi connectivity index (χ4v) is 4.73. The summed E-state index contributed by atoms with van der Waals surface area (Å²) in [5, 5.41) is 21.5. The summed E-state index contributed by atoms with van der Waals surface area (Å²) in [6, 6.07) is 25.4. The number of nitrogens with one attached hydrogen (secondary N) is 2. The first-order valence-electron chi connectivity index (χ1n) is 12.8. The van der Waals surface area contributed by atoms with Gasteiger partial charge in [-0.25, -0.2) is 10.1 Å². The summed E-state index contributed by atoms with van der Waals surface area (Å²) in [4.78, 5) is 18.1. The number of ether oxygens (including phenoxy) is 1. The molecule has 0 atom stereocenters. The molecule has 0 aliphatic rings. The molecule has 2 N–H and O–H groups in total. The van der Waals surface area contributed by atoms with Crippen LogP contribution in [0.2, 0.25) is 0 Å². The maximum absolute atomic E-state index is 13.2. The number of aryl methyl sites for hydroxylation is 1. The van der Waals surface area contributed by atoms with E-state index < -0.39 is 0 Å². The van der Waals surface area contributed by atoms with Crippen LogP contribution in [0, 0.1) is 0 Å². The van der Waals surface area contributed by atoms with Gasteiger partial charge in [0.25, 0.3) is 11.4 Å². The lowest BCUT2D eigenvalue weighted by molar-refractivity contribution is 0.460. The molecule has 0 aliphatic heterocycles. The van der Waals surface area contributed by atoms with E-state index in [0.29, 0.717) is 29.2 Å². The molecule has 10 nitrogen and oxygen atoms in total. The van der Waals surface area contributed by atoms with Crippen LogP contribution >= 0.6 is 0 Å². The highest BCUT2D eigenvalue weighted by Gasteiger charge is 2.21. The second kappa shape index (κ2) is 10.7. The number of tetrazole rings is 1. The van der Waals surface area contributed by atoms with Crippen LogP contribution in [-0.2, 0) is 13.0 Å². The summed E-state index contributed by atoms with van der Waals surface area (Å²) in [6.45, 7) is 2.57. The molecule has 6 aromatic rings. The summed E-state index contributed by atoms with van der Waals surface area (Å²) in [6.07, 6.45) is 2.66. The molecule has 3 aromatic carbocycles. The number of hydrogen-bond donors (Lipinski definition) is 2. The van der Waals surface area contributed by atoms with Crippen molar-refractivity contribution in [2.45, 2.75) is 32.7 Å². The number of benzene rings is 3. The standard InChI is InChI=1S/C29H26N8O2/c1-2-3-17-24-30-25-26(28(38)33-34-29(25)39-20-12-5-4-6-13-20)37(24)18-19-11-7-8-14-21(19)22-15-9-10-16-23(22)27-31-35-36-32-27/h4-16H,2-3,17-18H2,1H3,(H,33,38)(H,31,32,35,36). The maximum atomic E-state index is 13.2. The van der Waals surface area contributed by atoms with Gasteiger partial charge in [-0.05, 0) is 40.5 Å². The number of aromatic amines is 2. The summed E-state index contributed by atoms with van der Waals surface area (Å²) >= 11 is 0. The van der Waals surface area contributed by atoms with E-state index in [9.17, 15) is 4.79 Å². The van der Waals surface area contributed by atoms with Crippen LogP contribution < -0.4 is 10.3 Å². The summed E-state index contributed by atoms with van der Waals surface area (Å²) in [5.74, 6) is 2.21. The fourth-order valence-electron chi connectivity index (χ4n) is 4.73. The number of fused-ring (bicyclic) bond motifs is 1. The van der Waals surface area contributed by atoms with Gasteiger partial charge in [-0.3, -0.25) is 4.79 Å². The maximum Gasteiger partial charge on any atom is 0.290 e. The van der Waals surface area contributed by atoms with Gasteiger partial charge in [-0.2, -0.15) is 5.21 Å². The summed E-state index contributed by atoms with van der Waals surface area (Å²) in [7, 11) is 0. The number of rotatable bonds is 9. The van der Waals surface area contributed by atoms with Gasteiger partial charge in [-0.1, -0.05) is 80.1 Å². The van der Waals surface area contributed by atoms with Gasteiger partial charge in [0, 0.05) is 12.0 Å². The van der Waals surface area contributed by atoms with Gasteiger partial charge in [0.1, 0.15) is 17.1 Å². The van der Waals surface area contributed by atoms with Crippen molar-refractivity contribution in [3.8, 4) is 34.1 Å². The van der Waals surface area contributed by atoms with Crippen LogP contribution in [0.15, 0.2) is 83.7 Å². The summed E-state index contributed by atoms with van der Waals surface area (Å²) in [5.41, 5.74) is 4.42. The smallest absolute Gasteiger partial charge is 0.290 e. The van der Waals surface area contributed by atoms with E-state index in [1.54, 1.807) is 0 Å². The first-order chi connectivity index (χ1) is 19.2. The van der Waals surface area contributed by atoms with Crippen molar-refractivity contribution in [1.82, 2.24) is 40.4 Å². The average molecular weight is 519 g/mol. The molecule has 0 unspecified atom stereocenters. The minimum absolute atomic E-state index is 0.267. The van der Waals surface area contributed by atoms with Gasteiger partial charge >= 0.3 is 0 Å². The van der Waals surface area contributed by atoms with E-state index in [4.69, 9.17) is 9.72 Å². The molecule has 0 bridgehead atoms. The number of imidazole rings is 1. The van der Waals surface area contributed by atoms with Crippen molar-refractivity contribution >= 4 is 11.0 Å².